The minimum Gasteiger partial charge on any atom is -0.344 e. The van der Waals surface area contributed by atoms with Gasteiger partial charge in [0.2, 0.25) is 5.95 Å². The van der Waals surface area contributed by atoms with Gasteiger partial charge in [-0.3, -0.25) is 13.9 Å². The summed E-state index contributed by atoms with van der Waals surface area (Å²) in [4.78, 5) is 32.5. The molecule has 0 bridgehead atoms. The van der Waals surface area contributed by atoms with Crippen molar-refractivity contribution in [3.05, 3.63) is 56.2 Å². The first kappa shape index (κ1) is 19.4. The highest BCUT2D eigenvalue weighted by Crippen LogP contribution is 2.18. The van der Waals surface area contributed by atoms with Gasteiger partial charge < -0.3 is 15.2 Å². The van der Waals surface area contributed by atoms with Crippen molar-refractivity contribution in [3.8, 4) is 6.07 Å². The molecule has 0 spiro atoms. The fourth-order valence-electron chi connectivity index (χ4n) is 3.32. The summed E-state index contributed by atoms with van der Waals surface area (Å²) in [6.07, 6.45) is 0. The summed E-state index contributed by atoms with van der Waals surface area (Å²) in [6.45, 7) is 3.47. The molecule has 0 amide bonds. The van der Waals surface area contributed by atoms with Gasteiger partial charge in [0, 0.05) is 33.7 Å². The van der Waals surface area contributed by atoms with Gasteiger partial charge in [-0.1, -0.05) is 18.2 Å². The van der Waals surface area contributed by atoms with Crippen molar-refractivity contribution in [1.82, 2.24) is 18.7 Å². The zero-order chi connectivity index (χ0) is 20.4. The van der Waals surface area contributed by atoms with E-state index in [9.17, 15) is 14.9 Å². The maximum absolute atomic E-state index is 13.2. The van der Waals surface area contributed by atoms with Crippen LogP contribution in [-0.4, -0.2) is 38.8 Å². The summed E-state index contributed by atoms with van der Waals surface area (Å²) in [5, 5.41) is 9.31. The van der Waals surface area contributed by atoms with Crippen molar-refractivity contribution in [2.24, 2.45) is 12.8 Å². The number of aromatic nitrogens is 4. The lowest BCUT2D eigenvalue weighted by molar-refractivity contribution is 0.651. The van der Waals surface area contributed by atoms with Gasteiger partial charge in [0.1, 0.15) is 0 Å². The first-order valence-electron chi connectivity index (χ1n) is 9.03. The molecule has 146 valence electrons. The Labute approximate surface area is 161 Å². The van der Waals surface area contributed by atoms with E-state index in [1.54, 1.807) is 35.9 Å². The number of likely N-dealkylation sites (N-methyl/N-ethyl adjacent to an activating group) is 1. The van der Waals surface area contributed by atoms with Crippen LogP contribution >= 0.6 is 0 Å². The second-order valence-corrected chi connectivity index (χ2v) is 6.54. The zero-order valence-corrected chi connectivity index (χ0v) is 16.2. The Bertz CT molecular complexity index is 1180. The Morgan fingerprint density at radius 3 is 2.61 bits per heavy atom. The molecule has 2 heterocycles. The predicted molar refractivity (Wildman–Crippen MR) is 107 cm³/mol. The average Bonchev–Trinajstić information content (AvgIpc) is 3.10. The van der Waals surface area contributed by atoms with Gasteiger partial charge in [0.05, 0.1) is 18.2 Å². The average molecular weight is 381 g/mol. The SMILES string of the molecule is CCn1c(N(C)CCN)nc2c1c(=O)n(Cc1ccccc1C#N)c(=O)n2C. The molecule has 0 unspecified atom stereocenters. The standard InChI is InChI=1S/C19H23N7O2/c1-4-25-15-16(22-18(25)23(2)10-9-20)24(3)19(28)26(17(15)27)12-14-8-6-5-7-13(14)11-21/h5-8H,4,9-10,12,20H2,1-3H3. The Morgan fingerprint density at radius 2 is 1.96 bits per heavy atom. The lowest BCUT2D eigenvalue weighted by atomic mass is 10.1. The molecule has 2 N–H and O–H groups in total. The monoisotopic (exact) mass is 381 g/mol. The van der Waals surface area contributed by atoms with Crippen LogP contribution in [0.3, 0.4) is 0 Å². The predicted octanol–water partition coefficient (Wildman–Crippen LogP) is 0.231. The van der Waals surface area contributed by atoms with Crippen LogP contribution in [-0.2, 0) is 20.1 Å². The number of aryl methyl sites for hydroxylation is 2. The smallest absolute Gasteiger partial charge is 0.332 e. The van der Waals surface area contributed by atoms with Gasteiger partial charge >= 0.3 is 5.69 Å². The van der Waals surface area contributed by atoms with Crippen molar-refractivity contribution in [2.45, 2.75) is 20.0 Å². The molecule has 9 nitrogen and oxygen atoms in total. The number of hydrogen-bond donors (Lipinski definition) is 1. The van der Waals surface area contributed by atoms with Gasteiger partial charge in [-0.25, -0.2) is 4.79 Å². The van der Waals surface area contributed by atoms with Crippen molar-refractivity contribution >= 4 is 17.1 Å². The molecule has 1 aromatic carbocycles. The maximum atomic E-state index is 13.2. The summed E-state index contributed by atoms with van der Waals surface area (Å²) in [5.74, 6) is 0.588. The molecular weight excluding hydrogens is 358 g/mol. The van der Waals surface area contributed by atoms with Crippen molar-refractivity contribution < 1.29 is 0 Å². The highest BCUT2D eigenvalue weighted by molar-refractivity contribution is 5.74. The van der Waals surface area contributed by atoms with E-state index < -0.39 is 11.2 Å². The van der Waals surface area contributed by atoms with Crippen molar-refractivity contribution in [3.63, 3.8) is 0 Å². The number of hydrogen-bond acceptors (Lipinski definition) is 6. The van der Waals surface area contributed by atoms with E-state index in [2.05, 4.69) is 11.1 Å². The summed E-state index contributed by atoms with van der Waals surface area (Å²) in [5.41, 5.74) is 6.50. The van der Waals surface area contributed by atoms with E-state index >= 15 is 0 Å². The molecule has 3 aromatic rings. The first-order valence-corrected chi connectivity index (χ1v) is 9.03. The van der Waals surface area contributed by atoms with Crippen LogP contribution in [0.15, 0.2) is 33.9 Å². The third-order valence-corrected chi connectivity index (χ3v) is 4.80. The fraction of sp³-hybridized carbons (Fsp3) is 0.368. The van der Waals surface area contributed by atoms with Crippen LogP contribution in [0.5, 0.6) is 0 Å². The van der Waals surface area contributed by atoms with Crippen LogP contribution in [0.1, 0.15) is 18.1 Å². The zero-order valence-electron chi connectivity index (χ0n) is 16.2. The molecule has 0 fully saturated rings. The van der Waals surface area contributed by atoms with E-state index in [0.29, 0.717) is 47.9 Å². The summed E-state index contributed by atoms with van der Waals surface area (Å²) in [6, 6.07) is 9.04. The number of nitrogens with zero attached hydrogens (tertiary/aromatic N) is 6. The van der Waals surface area contributed by atoms with Crippen LogP contribution in [0, 0.1) is 11.3 Å². The number of benzene rings is 1. The summed E-state index contributed by atoms with van der Waals surface area (Å²) in [7, 11) is 3.44. The molecule has 0 aliphatic carbocycles. The minimum absolute atomic E-state index is 0.0219. The highest BCUT2D eigenvalue weighted by Gasteiger charge is 2.21. The Kier molecular flexibility index (Phi) is 5.33. The van der Waals surface area contributed by atoms with E-state index in [-0.39, 0.29) is 6.54 Å². The molecule has 0 saturated heterocycles. The highest BCUT2D eigenvalue weighted by atomic mass is 16.2. The number of anilines is 1. The largest absolute Gasteiger partial charge is 0.344 e. The van der Waals surface area contributed by atoms with Gasteiger partial charge in [-0.15, -0.1) is 0 Å². The van der Waals surface area contributed by atoms with Gasteiger partial charge in [-0.05, 0) is 18.6 Å². The van der Waals surface area contributed by atoms with Crippen LogP contribution in [0.2, 0.25) is 0 Å². The minimum atomic E-state index is -0.473. The quantitative estimate of drug-likeness (QED) is 0.654. The molecule has 0 aliphatic rings. The molecule has 0 radical (unpaired) electrons. The number of nitrogens with two attached hydrogens (primary N) is 1. The topological polar surface area (TPSA) is 115 Å². The fourth-order valence-corrected chi connectivity index (χ4v) is 3.32. The molecule has 0 atom stereocenters. The molecule has 9 heteroatoms. The molecule has 2 aromatic heterocycles. The summed E-state index contributed by atoms with van der Waals surface area (Å²) < 4.78 is 4.32. The number of imidazole rings is 1. The lowest BCUT2D eigenvalue weighted by Crippen LogP contribution is -2.40. The third kappa shape index (κ3) is 3.08. The summed E-state index contributed by atoms with van der Waals surface area (Å²) >= 11 is 0. The molecule has 28 heavy (non-hydrogen) atoms. The number of fused-ring (bicyclic) bond motifs is 1. The van der Waals surface area contributed by atoms with Gasteiger partial charge in [0.25, 0.3) is 5.56 Å². The molecule has 0 aliphatic heterocycles. The van der Waals surface area contributed by atoms with Gasteiger partial charge in [-0.2, -0.15) is 10.2 Å². The van der Waals surface area contributed by atoms with E-state index in [4.69, 9.17) is 5.73 Å². The van der Waals surface area contributed by atoms with Crippen molar-refractivity contribution in [1.29, 1.82) is 5.26 Å². The Morgan fingerprint density at radius 1 is 1.25 bits per heavy atom. The second-order valence-electron chi connectivity index (χ2n) is 6.54. The van der Waals surface area contributed by atoms with E-state index in [1.165, 1.54) is 4.57 Å². The number of rotatable bonds is 6. The molecule has 3 rings (SSSR count). The molecule has 0 saturated carbocycles. The van der Waals surface area contributed by atoms with Gasteiger partial charge in [0.15, 0.2) is 11.2 Å². The Hall–Kier alpha value is -3.38. The Balaban J connectivity index is 2.28. The maximum Gasteiger partial charge on any atom is 0.332 e. The van der Waals surface area contributed by atoms with Crippen LogP contribution in [0.25, 0.3) is 11.2 Å². The van der Waals surface area contributed by atoms with E-state index in [0.717, 1.165) is 4.57 Å². The first-order chi connectivity index (χ1) is 13.4. The normalized spacial score (nSPS) is 11.0. The van der Waals surface area contributed by atoms with E-state index in [1.807, 2.05) is 18.9 Å². The second kappa shape index (κ2) is 7.70. The molecular formula is C19H23N7O2. The van der Waals surface area contributed by atoms with Crippen molar-refractivity contribution in [2.75, 3.05) is 25.0 Å². The van der Waals surface area contributed by atoms with Crippen LogP contribution in [0.4, 0.5) is 5.95 Å². The van der Waals surface area contributed by atoms with Crippen LogP contribution < -0.4 is 21.9 Å². The number of nitriles is 1. The lowest BCUT2D eigenvalue weighted by Gasteiger charge is -2.17. The third-order valence-electron chi connectivity index (χ3n) is 4.80.